The average Bonchev–Trinajstić information content (AvgIpc) is 2.47. The van der Waals surface area contributed by atoms with Gasteiger partial charge in [-0.25, -0.2) is 0 Å². The first-order chi connectivity index (χ1) is 9.28. The second kappa shape index (κ2) is 5.02. The van der Waals surface area contributed by atoms with Crippen LogP contribution in [0.2, 0.25) is 5.02 Å². The second-order valence-corrected chi connectivity index (χ2v) is 4.78. The molecule has 2 aromatic rings. The summed E-state index contributed by atoms with van der Waals surface area (Å²) in [6.07, 6.45) is -0.0432. The van der Waals surface area contributed by atoms with Crippen molar-refractivity contribution in [2.24, 2.45) is 0 Å². The average molecular weight is 276 g/mol. The van der Waals surface area contributed by atoms with Crippen LogP contribution in [-0.2, 0) is 0 Å². The zero-order valence-corrected chi connectivity index (χ0v) is 11.3. The Labute approximate surface area is 117 Å². The van der Waals surface area contributed by atoms with Crippen LogP contribution >= 0.6 is 11.6 Å². The van der Waals surface area contributed by atoms with E-state index in [2.05, 4.69) is 5.32 Å². The van der Waals surface area contributed by atoms with Gasteiger partial charge >= 0.3 is 0 Å². The van der Waals surface area contributed by atoms with Crippen molar-refractivity contribution in [1.29, 1.82) is 0 Å². The summed E-state index contributed by atoms with van der Waals surface area (Å²) in [5.74, 6) is 1.56. The molecular weight excluding hydrogens is 262 g/mol. The summed E-state index contributed by atoms with van der Waals surface area (Å²) < 4.78 is 11.1. The highest BCUT2D eigenvalue weighted by molar-refractivity contribution is 6.32. The van der Waals surface area contributed by atoms with Crippen LogP contribution in [0, 0.1) is 0 Å². The van der Waals surface area contributed by atoms with E-state index in [0.29, 0.717) is 5.02 Å². The van der Waals surface area contributed by atoms with E-state index in [9.17, 15) is 0 Å². The molecule has 19 heavy (non-hydrogen) atoms. The van der Waals surface area contributed by atoms with E-state index < -0.39 is 0 Å². The van der Waals surface area contributed by atoms with Gasteiger partial charge < -0.3 is 14.8 Å². The van der Waals surface area contributed by atoms with E-state index in [-0.39, 0.29) is 6.10 Å². The lowest BCUT2D eigenvalue weighted by atomic mass is 10.1. The van der Waals surface area contributed by atoms with Crippen molar-refractivity contribution in [2.45, 2.75) is 6.10 Å². The molecule has 0 saturated carbocycles. The number of hydrogen-bond donors (Lipinski definition) is 1. The fraction of sp³-hybridized carbons (Fsp3) is 0.200. The molecule has 3 nitrogen and oxygen atoms in total. The lowest BCUT2D eigenvalue weighted by molar-refractivity contribution is 0.210. The summed E-state index contributed by atoms with van der Waals surface area (Å²) in [7, 11) is 1.66. The number of methoxy groups -OCH3 is 1. The zero-order chi connectivity index (χ0) is 13.2. The van der Waals surface area contributed by atoms with Crippen molar-refractivity contribution in [2.75, 3.05) is 19.0 Å². The molecule has 1 aliphatic heterocycles. The van der Waals surface area contributed by atoms with Gasteiger partial charge in [0, 0.05) is 0 Å². The third kappa shape index (κ3) is 2.34. The molecule has 0 spiro atoms. The largest absolute Gasteiger partial charge is 0.497 e. The minimum atomic E-state index is -0.0432. The smallest absolute Gasteiger partial charge is 0.161 e. The van der Waals surface area contributed by atoms with Crippen LogP contribution in [0.5, 0.6) is 11.5 Å². The Morgan fingerprint density at radius 3 is 2.74 bits per heavy atom. The van der Waals surface area contributed by atoms with Gasteiger partial charge in [0.05, 0.1) is 24.4 Å². The minimum absolute atomic E-state index is 0.0432. The first-order valence-electron chi connectivity index (χ1n) is 6.11. The quantitative estimate of drug-likeness (QED) is 0.902. The lowest BCUT2D eigenvalue weighted by Crippen LogP contribution is -2.23. The highest BCUT2D eigenvalue weighted by Crippen LogP contribution is 2.39. The van der Waals surface area contributed by atoms with E-state index in [0.717, 1.165) is 29.3 Å². The molecule has 1 atom stereocenters. The molecule has 0 bridgehead atoms. The Morgan fingerprint density at radius 2 is 2.00 bits per heavy atom. The second-order valence-electron chi connectivity index (χ2n) is 4.38. The van der Waals surface area contributed by atoms with Crippen LogP contribution in [0.25, 0.3) is 0 Å². The number of anilines is 1. The molecule has 0 fully saturated rings. The highest BCUT2D eigenvalue weighted by atomic mass is 35.5. The van der Waals surface area contributed by atoms with Crippen LogP contribution < -0.4 is 14.8 Å². The minimum Gasteiger partial charge on any atom is -0.497 e. The Morgan fingerprint density at radius 1 is 1.21 bits per heavy atom. The van der Waals surface area contributed by atoms with Gasteiger partial charge in [-0.3, -0.25) is 0 Å². The molecule has 98 valence electrons. The first-order valence-corrected chi connectivity index (χ1v) is 6.49. The maximum atomic E-state index is 6.16. The Kier molecular flexibility index (Phi) is 3.22. The predicted octanol–water partition coefficient (Wildman–Crippen LogP) is 3.89. The molecule has 0 aromatic heterocycles. The maximum Gasteiger partial charge on any atom is 0.161 e. The summed E-state index contributed by atoms with van der Waals surface area (Å²) in [6.45, 7) is 0.722. The molecule has 3 rings (SSSR count). The van der Waals surface area contributed by atoms with E-state index in [1.54, 1.807) is 7.11 Å². The van der Waals surface area contributed by atoms with Crippen LogP contribution in [0.1, 0.15) is 11.7 Å². The standard InChI is InChI=1S/C15H14ClNO2/c1-18-11-7-5-10(6-8-11)14-9-17-13-4-2-3-12(16)15(13)19-14/h2-8,14,17H,9H2,1H3. The number of halogens is 1. The number of para-hydroxylation sites is 1. The van der Waals surface area contributed by atoms with Crippen molar-refractivity contribution in [3.05, 3.63) is 53.1 Å². The summed E-state index contributed by atoms with van der Waals surface area (Å²) in [5.41, 5.74) is 2.04. The molecule has 1 heterocycles. The molecule has 0 radical (unpaired) electrons. The topological polar surface area (TPSA) is 30.5 Å². The van der Waals surface area contributed by atoms with Gasteiger partial charge in [-0.15, -0.1) is 0 Å². The first kappa shape index (κ1) is 12.2. The summed E-state index contributed by atoms with van der Waals surface area (Å²) >= 11 is 6.16. The summed E-state index contributed by atoms with van der Waals surface area (Å²) in [4.78, 5) is 0. The van der Waals surface area contributed by atoms with E-state index >= 15 is 0 Å². The van der Waals surface area contributed by atoms with E-state index in [4.69, 9.17) is 21.1 Å². The Bertz CT molecular complexity index is 583. The van der Waals surface area contributed by atoms with Crippen molar-refractivity contribution >= 4 is 17.3 Å². The molecule has 0 aliphatic carbocycles. The van der Waals surface area contributed by atoms with Crippen LogP contribution in [0.4, 0.5) is 5.69 Å². The third-order valence-corrected chi connectivity index (χ3v) is 3.49. The number of hydrogen-bond acceptors (Lipinski definition) is 3. The fourth-order valence-electron chi connectivity index (χ4n) is 2.16. The Hall–Kier alpha value is -1.87. The van der Waals surface area contributed by atoms with Crippen LogP contribution in [0.15, 0.2) is 42.5 Å². The van der Waals surface area contributed by atoms with Crippen molar-refractivity contribution in [3.63, 3.8) is 0 Å². The molecule has 2 aromatic carbocycles. The fourth-order valence-corrected chi connectivity index (χ4v) is 2.38. The van der Waals surface area contributed by atoms with E-state index in [1.807, 2.05) is 42.5 Å². The van der Waals surface area contributed by atoms with Gasteiger partial charge in [-0.1, -0.05) is 29.8 Å². The Balaban J connectivity index is 1.86. The summed E-state index contributed by atoms with van der Waals surface area (Å²) in [6, 6.07) is 13.6. The van der Waals surface area contributed by atoms with Crippen molar-refractivity contribution < 1.29 is 9.47 Å². The van der Waals surface area contributed by atoms with Gasteiger partial charge in [0.1, 0.15) is 11.9 Å². The zero-order valence-electron chi connectivity index (χ0n) is 10.5. The monoisotopic (exact) mass is 275 g/mol. The number of fused-ring (bicyclic) bond motifs is 1. The molecule has 1 unspecified atom stereocenters. The molecule has 0 amide bonds. The van der Waals surface area contributed by atoms with Crippen molar-refractivity contribution in [1.82, 2.24) is 0 Å². The molecule has 4 heteroatoms. The van der Waals surface area contributed by atoms with Crippen LogP contribution in [0.3, 0.4) is 0 Å². The molecule has 0 saturated heterocycles. The van der Waals surface area contributed by atoms with Gasteiger partial charge in [0.15, 0.2) is 5.75 Å². The van der Waals surface area contributed by atoms with Gasteiger partial charge in [-0.05, 0) is 29.8 Å². The number of nitrogens with one attached hydrogen (secondary N) is 1. The third-order valence-electron chi connectivity index (χ3n) is 3.19. The molecular formula is C15H14ClNO2. The number of ether oxygens (including phenoxy) is 2. The summed E-state index contributed by atoms with van der Waals surface area (Å²) in [5, 5.41) is 3.97. The van der Waals surface area contributed by atoms with Gasteiger partial charge in [-0.2, -0.15) is 0 Å². The normalized spacial score (nSPS) is 17.1. The molecule has 1 N–H and O–H groups in total. The van der Waals surface area contributed by atoms with Gasteiger partial charge in [0.25, 0.3) is 0 Å². The van der Waals surface area contributed by atoms with Crippen LogP contribution in [-0.4, -0.2) is 13.7 Å². The van der Waals surface area contributed by atoms with Gasteiger partial charge in [0.2, 0.25) is 0 Å². The number of rotatable bonds is 2. The van der Waals surface area contributed by atoms with E-state index in [1.165, 1.54) is 0 Å². The SMILES string of the molecule is COc1ccc(C2CNc3cccc(Cl)c3O2)cc1. The predicted molar refractivity (Wildman–Crippen MR) is 76.3 cm³/mol. The van der Waals surface area contributed by atoms with Crippen molar-refractivity contribution in [3.8, 4) is 11.5 Å². The lowest BCUT2D eigenvalue weighted by Gasteiger charge is -2.28. The maximum absolute atomic E-state index is 6.16. The highest BCUT2D eigenvalue weighted by Gasteiger charge is 2.22. The number of benzene rings is 2. The molecule has 1 aliphatic rings.